The minimum absolute atomic E-state index is 0.0486. The Morgan fingerprint density at radius 2 is 1.79 bits per heavy atom. The van der Waals surface area contributed by atoms with Crippen LogP contribution in [0.1, 0.15) is 19.3 Å². The molecule has 7 nitrogen and oxygen atoms in total. The molecule has 0 radical (unpaired) electrons. The average molecular weight is 479 g/mol. The summed E-state index contributed by atoms with van der Waals surface area (Å²) in [5.74, 6) is -1.71. The number of piperidine rings is 2. The summed E-state index contributed by atoms with van der Waals surface area (Å²) in [5.41, 5.74) is -1.57. The first-order chi connectivity index (χ1) is 16.2. The van der Waals surface area contributed by atoms with Gasteiger partial charge >= 0.3 is 0 Å². The molecule has 0 aliphatic carbocycles. The minimum atomic E-state index is -1.67. The Morgan fingerprint density at radius 1 is 1.06 bits per heavy atom. The van der Waals surface area contributed by atoms with E-state index in [4.69, 9.17) is 9.47 Å². The van der Waals surface area contributed by atoms with Gasteiger partial charge in [0.05, 0.1) is 18.8 Å². The minimum Gasteiger partial charge on any atom is -0.497 e. The van der Waals surface area contributed by atoms with Gasteiger partial charge in [0.2, 0.25) is 5.82 Å². The van der Waals surface area contributed by atoms with Gasteiger partial charge in [-0.15, -0.1) is 0 Å². The molecular weight excluding hydrogens is 446 g/mol. The Balaban J connectivity index is 1.35. The lowest BCUT2D eigenvalue weighted by Gasteiger charge is -2.46. The SMILES string of the molecule is COc1cccc(N2CCC(O)(CN3CC[C@H](O)[C@@](O)(COc4cccc(F)c4F)C3)CC2)c1. The second kappa shape index (κ2) is 10.0. The van der Waals surface area contributed by atoms with Crippen LogP contribution < -0.4 is 14.4 Å². The number of halogens is 2. The fraction of sp³-hybridized carbons (Fsp3) is 0.520. The monoisotopic (exact) mass is 478 g/mol. The average Bonchev–Trinajstić information content (AvgIpc) is 2.83. The van der Waals surface area contributed by atoms with Crippen LogP contribution in [0.5, 0.6) is 11.5 Å². The quantitative estimate of drug-likeness (QED) is 0.563. The fourth-order valence-electron chi connectivity index (χ4n) is 4.78. The van der Waals surface area contributed by atoms with Crippen molar-refractivity contribution in [1.29, 1.82) is 0 Å². The third kappa shape index (κ3) is 5.43. The van der Waals surface area contributed by atoms with E-state index < -0.39 is 35.5 Å². The normalized spacial score (nSPS) is 25.2. The highest BCUT2D eigenvalue weighted by atomic mass is 19.2. The van der Waals surface area contributed by atoms with E-state index in [-0.39, 0.29) is 18.7 Å². The summed E-state index contributed by atoms with van der Waals surface area (Å²) < 4.78 is 38.0. The summed E-state index contributed by atoms with van der Waals surface area (Å²) in [6.07, 6.45) is 0.293. The highest BCUT2D eigenvalue weighted by Crippen LogP contribution is 2.31. The molecule has 2 aromatic rings. The first-order valence-electron chi connectivity index (χ1n) is 11.5. The van der Waals surface area contributed by atoms with E-state index in [0.29, 0.717) is 39.0 Å². The van der Waals surface area contributed by atoms with Crippen LogP contribution >= 0.6 is 0 Å². The Morgan fingerprint density at radius 3 is 2.53 bits per heavy atom. The van der Waals surface area contributed by atoms with Gasteiger partial charge in [0, 0.05) is 44.5 Å². The first-order valence-corrected chi connectivity index (χ1v) is 11.5. The van der Waals surface area contributed by atoms with E-state index in [9.17, 15) is 24.1 Å². The number of aliphatic hydroxyl groups is 3. The summed E-state index contributed by atoms with van der Waals surface area (Å²) >= 11 is 0. The largest absolute Gasteiger partial charge is 0.497 e. The molecular formula is C25H32F2N2O5. The van der Waals surface area contributed by atoms with Crippen LogP contribution in [0.3, 0.4) is 0 Å². The lowest BCUT2D eigenvalue weighted by atomic mass is 9.86. The van der Waals surface area contributed by atoms with Crippen molar-refractivity contribution in [1.82, 2.24) is 4.90 Å². The molecule has 0 spiro atoms. The van der Waals surface area contributed by atoms with Crippen molar-refractivity contribution < 1.29 is 33.6 Å². The van der Waals surface area contributed by atoms with Crippen LogP contribution in [0, 0.1) is 11.6 Å². The maximum atomic E-state index is 13.9. The van der Waals surface area contributed by atoms with Crippen molar-refractivity contribution >= 4 is 5.69 Å². The molecule has 3 N–H and O–H groups in total. The molecule has 2 aromatic carbocycles. The lowest BCUT2D eigenvalue weighted by Crippen LogP contribution is -2.62. The molecule has 0 unspecified atom stereocenters. The van der Waals surface area contributed by atoms with Crippen molar-refractivity contribution in [3.8, 4) is 11.5 Å². The number of likely N-dealkylation sites (tertiary alicyclic amines) is 1. The van der Waals surface area contributed by atoms with Crippen molar-refractivity contribution in [3.05, 3.63) is 54.1 Å². The number of benzene rings is 2. The van der Waals surface area contributed by atoms with E-state index >= 15 is 0 Å². The second-order valence-electron chi connectivity index (χ2n) is 9.37. The molecule has 0 saturated carbocycles. The predicted molar refractivity (Wildman–Crippen MR) is 123 cm³/mol. The van der Waals surface area contributed by atoms with Gasteiger partial charge < -0.3 is 29.7 Å². The molecule has 2 saturated heterocycles. The highest BCUT2D eigenvalue weighted by molar-refractivity contribution is 5.51. The van der Waals surface area contributed by atoms with Crippen LogP contribution in [-0.4, -0.2) is 84.0 Å². The molecule has 0 bridgehead atoms. The number of methoxy groups -OCH3 is 1. The zero-order chi connectivity index (χ0) is 24.3. The van der Waals surface area contributed by atoms with Crippen LogP contribution in [0.2, 0.25) is 0 Å². The summed E-state index contributed by atoms with van der Waals surface area (Å²) in [5, 5.41) is 32.7. The van der Waals surface area contributed by atoms with Gasteiger partial charge in [-0.1, -0.05) is 12.1 Å². The van der Waals surface area contributed by atoms with E-state index in [2.05, 4.69) is 4.90 Å². The van der Waals surface area contributed by atoms with E-state index in [0.717, 1.165) is 17.5 Å². The number of β-amino-alcohol motifs (C(OH)–C–C–N with tert-alkyl or cyclic N) is 2. The third-order valence-corrected chi connectivity index (χ3v) is 6.86. The maximum absolute atomic E-state index is 13.9. The molecule has 2 heterocycles. The molecule has 9 heteroatoms. The predicted octanol–water partition coefficient (Wildman–Crippen LogP) is 2.18. The van der Waals surface area contributed by atoms with E-state index in [1.807, 2.05) is 29.2 Å². The number of rotatable bonds is 7. The molecule has 0 aromatic heterocycles. The third-order valence-electron chi connectivity index (χ3n) is 6.86. The number of hydrogen-bond acceptors (Lipinski definition) is 7. The maximum Gasteiger partial charge on any atom is 0.200 e. The Bertz CT molecular complexity index is 986. The van der Waals surface area contributed by atoms with E-state index in [1.165, 1.54) is 12.1 Å². The van der Waals surface area contributed by atoms with Crippen LogP contribution in [-0.2, 0) is 0 Å². The second-order valence-corrected chi connectivity index (χ2v) is 9.37. The van der Waals surface area contributed by atoms with Gasteiger partial charge in [-0.2, -0.15) is 4.39 Å². The van der Waals surface area contributed by atoms with Crippen LogP contribution in [0.25, 0.3) is 0 Å². The smallest absolute Gasteiger partial charge is 0.200 e. The number of anilines is 1. The fourth-order valence-corrected chi connectivity index (χ4v) is 4.78. The molecule has 2 aliphatic rings. The number of ether oxygens (including phenoxy) is 2. The molecule has 34 heavy (non-hydrogen) atoms. The molecule has 4 rings (SSSR count). The van der Waals surface area contributed by atoms with E-state index in [1.54, 1.807) is 7.11 Å². The van der Waals surface area contributed by atoms with Crippen LogP contribution in [0.4, 0.5) is 14.5 Å². The topological polar surface area (TPSA) is 85.6 Å². The van der Waals surface area contributed by atoms with Crippen molar-refractivity contribution in [2.45, 2.75) is 36.6 Å². The number of nitrogens with zero attached hydrogens (tertiary/aromatic N) is 2. The zero-order valence-electron chi connectivity index (χ0n) is 19.3. The van der Waals surface area contributed by atoms with Crippen LogP contribution in [0.15, 0.2) is 42.5 Å². The summed E-state index contributed by atoms with van der Waals surface area (Å²) in [6.45, 7) is 1.83. The van der Waals surface area contributed by atoms with Gasteiger partial charge in [-0.3, -0.25) is 4.90 Å². The Labute approximate surface area is 198 Å². The van der Waals surface area contributed by atoms with Gasteiger partial charge in [-0.05, 0) is 43.5 Å². The van der Waals surface area contributed by atoms with Gasteiger partial charge in [-0.25, -0.2) is 4.39 Å². The zero-order valence-corrected chi connectivity index (χ0v) is 19.3. The first kappa shape index (κ1) is 24.7. The van der Waals surface area contributed by atoms with Crippen molar-refractivity contribution in [3.63, 3.8) is 0 Å². The number of hydrogen-bond donors (Lipinski definition) is 3. The summed E-state index contributed by atoms with van der Waals surface area (Å²) in [6, 6.07) is 11.4. The summed E-state index contributed by atoms with van der Waals surface area (Å²) in [7, 11) is 1.63. The van der Waals surface area contributed by atoms with Gasteiger partial charge in [0.1, 0.15) is 18.0 Å². The molecule has 0 amide bonds. The highest BCUT2D eigenvalue weighted by Gasteiger charge is 2.44. The Kier molecular flexibility index (Phi) is 7.28. The van der Waals surface area contributed by atoms with Gasteiger partial charge in [0.15, 0.2) is 11.6 Å². The summed E-state index contributed by atoms with van der Waals surface area (Å²) in [4.78, 5) is 4.11. The standard InChI is InChI=1S/C25H32F2N2O5/c1-33-19-5-2-4-18(14-19)29-12-9-24(31,10-13-29)15-28-11-8-22(30)25(32,16-28)17-34-21-7-3-6-20(26)23(21)27/h2-7,14,22,30-32H,8-13,15-17H2,1H3/t22-,25-/m0/s1. The van der Waals surface area contributed by atoms with Crippen molar-refractivity contribution in [2.75, 3.05) is 51.3 Å². The Hall–Kier alpha value is -2.46. The van der Waals surface area contributed by atoms with Crippen molar-refractivity contribution in [2.24, 2.45) is 0 Å². The number of aliphatic hydroxyl groups excluding tert-OH is 1. The molecule has 2 atom stereocenters. The molecule has 2 aliphatic heterocycles. The molecule has 186 valence electrons. The lowest BCUT2D eigenvalue weighted by molar-refractivity contribution is -0.149. The van der Waals surface area contributed by atoms with Gasteiger partial charge in [0.25, 0.3) is 0 Å². The molecule has 2 fully saturated rings.